The van der Waals surface area contributed by atoms with E-state index in [1.165, 1.54) is 0 Å². The second-order valence-electron chi connectivity index (χ2n) is 5.21. The number of nitrogens with zero attached hydrogens (tertiary/aromatic N) is 1. The van der Waals surface area contributed by atoms with Crippen molar-refractivity contribution in [1.82, 2.24) is 0 Å². The Morgan fingerprint density at radius 2 is 1.86 bits per heavy atom. The standard InChI is InChI=1S/C18H21NO2/c1-14(18(20)15-8-5-4-6-9-15)13-19(2)16-10-7-11-17(12-16)21-3/h4-12,14H,13H2,1-3H3. The van der Waals surface area contributed by atoms with Crippen LogP contribution in [0.2, 0.25) is 0 Å². The minimum absolute atomic E-state index is 0.0661. The molecule has 3 heteroatoms. The topological polar surface area (TPSA) is 29.5 Å². The lowest BCUT2D eigenvalue weighted by molar-refractivity contribution is 0.0933. The summed E-state index contributed by atoms with van der Waals surface area (Å²) in [5, 5.41) is 0. The first-order valence-corrected chi connectivity index (χ1v) is 7.06. The van der Waals surface area contributed by atoms with Crippen LogP contribution in [-0.2, 0) is 0 Å². The van der Waals surface area contributed by atoms with E-state index < -0.39 is 0 Å². The fraction of sp³-hybridized carbons (Fsp3) is 0.278. The van der Waals surface area contributed by atoms with Crippen LogP contribution in [0.1, 0.15) is 17.3 Å². The molecule has 110 valence electrons. The van der Waals surface area contributed by atoms with Crippen LogP contribution in [0.5, 0.6) is 5.75 Å². The Morgan fingerprint density at radius 3 is 2.52 bits per heavy atom. The molecular weight excluding hydrogens is 262 g/mol. The Bertz CT molecular complexity index is 595. The zero-order valence-corrected chi connectivity index (χ0v) is 12.7. The third-order valence-electron chi connectivity index (χ3n) is 3.55. The normalized spacial score (nSPS) is 11.8. The number of carbonyl (C=O) groups is 1. The Morgan fingerprint density at radius 1 is 1.14 bits per heavy atom. The van der Waals surface area contributed by atoms with Crippen molar-refractivity contribution >= 4 is 11.5 Å². The van der Waals surface area contributed by atoms with Crippen molar-refractivity contribution in [2.45, 2.75) is 6.92 Å². The molecule has 0 heterocycles. The van der Waals surface area contributed by atoms with E-state index in [2.05, 4.69) is 4.90 Å². The van der Waals surface area contributed by atoms with Crippen molar-refractivity contribution in [1.29, 1.82) is 0 Å². The molecule has 0 aliphatic rings. The van der Waals surface area contributed by atoms with Crippen LogP contribution in [0.3, 0.4) is 0 Å². The number of ketones is 1. The predicted molar refractivity (Wildman–Crippen MR) is 86.2 cm³/mol. The van der Waals surface area contributed by atoms with Crippen LogP contribution in [-0.4, -0.2) is 26.5 Å². The number of Topliss-reactive ketones (excluding diaryl/α,β-unsaturated/α-hetero) is 1. The number of carbonyl (C=O) groups excluding carboxylic acids is 1. The summed E-state index contributed by atoms with van der Waals surface area (Å²) >= 11 is 0. The summed E-state index contributed by atoms with van der Waals surface area (Å²) in [6.07, 6.45) is 0. The molecule has 0 amide bonds. The summed E-state index contributed by atoms with van der Waals surface area (Å²) in [6, 6.07) is 17.3. The average Bonchev–Trinajstić information content (AvgIpc) is 2.54. The van der Waals surface area contributed by atoms with E-state index in [-0.39, 0.29) is 11.7 Å². The van der Waals surface area contributed by atoms with Gasteiger partial charge in [0.05, 0.1) is 7.11 Å². The molecule has 21 heavy (non-hydrogen) atoms. The Balaban J connectivity index is 2.04. The molecule has 0 aliphatic heterocycles. The molecule has 0 spiro atoms. The molecular formula is C18H21NO2. The summed E-state index contributed by atoms with van der Waals surface area (Å²) in [4.78, 5) is 14.5. The van der Waals surface area contributed by atoms with Crippen molar-refractivity contribution in [2.24, 2.45) is 5.92 Å². The van der Waals surface area contributed by atoms with E-state index in [4.69, 9.17) is 4.74 Å². The van der Waals surface area contributed by atoms with Gasteiger partial charge in [0.2, 0.25) is 0 Å². The number of rotatable bonds is 6. The van der Waals surface area contributed by atoms with Crippen LogP contribution in [0.15, 0.2) is 54.6 Å². The third kappa shape index (κ3) is 3.85. The van der Waals surface area contributed by atoms with Crippen LogP contribution in [0, 0.1) is 5.92 Å². The van der Waals surface area contributed by atoms with Gasteiger partial charge in [-0.15, -0.1) is 0 Å². The summed E-state index contributed by atoms with van der Waals surface area (Å²) < 4.78 is 5.23. The maximum absolute atomic E-state index is 12.4. The quantitative estimate of drug-likeness (QED) is 0.758. The van der Waals surface area contributed by atoms with Crippen molar-refractivity contribution in [3.8, 4) is 5.75 Å². The van der Waals surface area contributed by atoms with E-state index in [1.54, 1.807) is 7.11 Å². The highest BCUT2D eigenvalue weighted by atomic mass is 16.5. The molecule has 2 aromatic rings. The second kappa shape index (κ2) is 6.93. The Kier molecular flexibility index (Phi) is 4.99. The van der Waals surface area contributed by atoms with Crippen LogP contribution in [0.4, 0.5) is 5.69 Å². The highest BCUT2D eigenvalue weighted by Crippen LogP contribution is 2.21. The molecule has 2 aromatic carbocycles. The van der Waals surface area contributed by atoms with Gasteiger partial charge in [0.1, 0.15) is 5.75 Å². The zero-order chi connectivity index (χ0) is 15.2. The number of benzene rings is 2. The van der Waals surface area contributed by atoms with Crippen molar-refractivity contribution in [3.05, 3.63) is 60.2 Å². The minimum atomic E-state index is -0.0661. The van der Waals surface area contributed by atoms with Crippen LogP contribution < -0.4 is 9.64 Å². The fourth-order valence-corrected chi connectivity index (χ4v) is 2.33. The number of methoxy groups -OCH3 is 1. The highest BCUT2D eigenvalue weighted by molar-refractivity contribution is 5.97. The van der Waals surface area contributed by atoms with Crippen LogP contribution in [0.25, 0.3) is 0 Å². The maximum Gasteiger partial charge on any atom is 0.167 e. The Labute approximate surface area is 126 Å². The Hall–Kier alpha value is -2.29. The lowest BCUT2D eigenvalue weighted by atomic mass is 9.99. The number of ether oxygens (including phenoxy) is 1. The minimum Gasteiger partial charge on any atom is -0.497 e. The van der Waals surface area contributed by atoms with E-state index in [0.29, 0.717) is 6.54 Å². The van der Waals surface area contributed by atoms with E-state index in [0.717, 1.165) is 17.0 Å². The summed E-state index contributed by atoms with van der Waals surface area (Å²) in [6.45, 7) is 2.63. The van der Waals surface area contributed by atoms with Gasteiger partial charge in [-0.3, -0.25) is 4.79 Å². The SMILES string of the molecule is COc1cccc(N(C)CC(C)C(=O)c2ccccc2)c1. The van der Waals surface area contributed by atoms with Crippen molar-refractivity contribution in [3.63, 3.8) is 0 Å². The largest absolute Gasteiger partial charge is 0.497 e. The maximum atomic E-state index is 12.4. The monoisotopic (exact) mass is 283 g/mol. The first kappa shape index (κ1) is 15.1. The summed E-state index contributed by atoms with van der Waals surface area (Å²) in [5.74, 6) is 0.926. The van der Waals surface area contributed by atoms with E-state index >= 15 is 0 Å². The van der Waals surface area contributed by atoms with Gasteiger partial charge in [0.25, 0.3) is 0 Å². The molecule has 0 saturated carbocycles. The number of hydrogen-bond donors (Lipinski definition) is 0. The molecule has 0 radical (unpaired) electrons. The van der Waals surface area contributed by atoms with Crippen molar-refractivity contribution < 1.29 is 9.53 Å². The molecule has 2 rings (SSSR count). The molecule has 3 nitrogen and oxygen atoms in total. The second-order valence-corrected chi connectivity index (χ2v) is 5.21. The van der Waals surface area contributed by atoms with Gasteiger partial charge in [0.15, 0.2) is 5.78 Å². The molecule has 1 unspecified atom stereocenters. The molecule has 0 aromatic heterocycles. The summed E-state index contributed by atoms with van der Waals surface area (Å²) in [5.41, 5.74) is 1.81. The lowest BCUT2D eigenvalue weighted by Crippen LogP contribution is -2.28. The molecule has 0 aliphatic carbocycles. The van der Waals surface area contributed by atoms with Gasteiger partial charge in [-0.05, 0) is 12.1 Å². The third-order valence-corrected chi connectivity index (χ3v) is 3.55. The van der Waals surface area contributed by atoms with Gasteiger partial charge in [-0.2, -0.15) is 0 Å². The first-order chi connectivity index (χ1) is 10.1. The van der Waals surface area contributed by atoms with Gasteiger partial charge in [-0.25, -0.2) is 0 Å². The van der Waals surface area contributed by atoms with Gasteiger partial charge >= 0.3 is 0 Å². The van der Waals surface area contributed by atoms with E-state index in [9.17, 15) is 4.79 Å². The highest BCUT2D eigenvalue weighted by Gasteiger charge is 2.17. The van der Waals surface area contributed by atoms with Crippen LogP contribution >= 0.6 is 0 Å². The smallest absolute Gasteiger partial charge is 0.167 e. The van der Waals surface area contributed by atoms with Gasteiger partial charge in [0, 0.05) is 36.8 Å². The van der Waals surface area contributed by atoms with Gasteiger partial charge in [-0.1, -0.05) is 43.3 Å². The average molecular weight is 283 g/mol. The zero-order valence-electron chi connectivity index (χ0n) is 12.7. The molecule has 0 saturated heterocycles. The number of anilines is 1. The van der Waals surface area contributed by atoms with Crippen molar-refractivity contribution in [2.75, 3.05) is 25.6 Å². The molecule has 0 N–H and O–H groups in total. The summed E-state index contributed by atoms with van der Waals surface area (Å²) in [7, 11) is 3.64. The van der Waals surface area contributed by atoms with Gasteiger partial charge < -0.3 is 9.64 Å². The molecule has 1 atom stereocenters. The first-order valence-electron chi connectivity index (χ1n) is 7.06. The lowest BCUT2D eigenvalue weighted by Gasteiger charge is -2.23. The molecule has 0 fully saturated rings. The molecule has 0 bridgehead atoms. The number of hydrogen-bond acceptors (Lipinski definition) is 3. The van der Waals surface area contributed by atoms with E-state index in [1.807, 2.05) is 68.6 Å². The predicted octanol–water partition coefficient (Wildman–Crippen LogP) is 3.65. The fourth-order valence-electron chi connectivity index (χ4n) is 2.33.